The normalized spacial score (nSPS) is 17.9. The highest BCUT2D eigenvalue weighted by atomic mass is 19.1. The summed E-state index contributed by atoms with van der Waals surface area (Å²) in [4.78, 5) is 31.3. The van der Waals surface area contributed by atoms with Crippen molar-refractivity contribution in [2.75, 3.05) is 12.0 Å². The van der Waals surface area contributed by atoms with Crippen LogP contribution in [0.2, 0.25) is 0 Å². The van der Waals surface area contributed by atoms with Gasteiger partial charge in [-0.05, 0) is 42.0 Å². The lowest BCUT2D eigenvalue weighted by molar-refractivity contribution is -0.132. The summed E-state index contributed by atoms with van der Waals surface area (Å²) in [5, 5.41) is 11.0. The van der Waals surface area contributed by atoms with E-state index in [1.807, 2.05) is 0 Å². The largest absolute Gasteiger partial charge is 0.507 e. The summed E-state index contributed by atoms with van der Waals surface area (Å²) in [5.74, 6) is -1.75. The topological polar surface area (TPSA) is 79.7 Å². The number of hydrogen-bond donors (Lipinski definition) is 1. The zero-order valence-electron chi connectivity index (χ0n) is 15.9. The van der Waals surface area contributed by atoms with Crippen molar-refractivity contribution in [3.63, 3.8) is 0 Å². The number of aliphatic hydroxyl groups excluding tert-OH is 1. The third-order valence-electron chi connectivity index (χ3n) is 4.87. The van der Waals surface area contributed by atoms with Gasteiger partial charge in [0.05, 0.1) is 18.7 Å². The lowest BCUT2D eigenvalue weighted by Gasteiger charge is -2.24. The minimum absolute atomic E-state index is 0.106. The first-order chi connectivity index (χ1) is 14.5. The standard InChI is InChI=1S/C23H17FN2O4/c1-30-17-6-4-5-15(13-17)21(27)19-20(14-8-10-16(24)11-9-14)26(23(29)22(19)28)18-7-2-3-12-25-18/h2-13,20,27H,1H3/t20-/m0/s1. The van der Waals surface area contributed by atoms with Crippen LogP contribution in [-0.4, -0.2) is 28.9 Å². The number of nitrogens with zero attached hydrogens (tertiary/aromatic N) is 2. The maximum Gasteiger partial charge on any atom is 0.301 e. The molecular weight excluding hydrogens is 387 g/mol. The Labute approximate surface area is 171 Å². The van der Waals surface area contributed by atoms with E-state index >= 15 is 0 Å². The molecule has 0 aliphatic carbocycles. The summed E-state index contributed by atoms with van der Waals surface area (Å²) in [7, 11) is 1.48. The molecule has 4 rings (SSSR count). The van der Waals surface area contributed by atoms with Crippen LogP contribution < -0.4 is 9.64 Å². The fraction of sp³-hybridized carbons (Fsp3) is 0.0870. The highest BCUT2D eigenvalue weighted by molar-refractivity contribution is 6.51. The molecule has 150 valence electrons. The van der Waals surface area contributed by atoms with Gasteiger partial charge in [-0.15, -0.1) is 0 Å². The van der Waals surface area contributed by atoms with Gasteiger partial charge in [0.15, 0.2) is 0 Å². The van der Waals surface area contributed by atoms with Gasteiger partial charge in [-0.2, -0.15) is 0 Å². The molecule has 30 heavy (non-hydrogen) atoms. The van der Waals surface area contributed by atoms with Crippen LogP contribution in [0.5, 0.6) is 5.75 Å². The zero-order chi connectivity index (χ0) is 21.3. The first-order valence-corrected chi connectivity index (χ1v) is 9.13. The number of amides is 1. The Hall–Kier alpha value is -4.00. The number of aliphatic hydroxyl groups is 1. The summed E-state index contributed by atoms with van der Waals surface area (Å²) in [6.07, 6.45) is 1.50. The summed E-state index contributed by atoms with van der Waals surface area (Å²) in [5.41, 5.74) is 0.677. The molecule has 1 fully saturated rings. The van der Waals surface area contributed by atoms with Crippen LogP contribution in [0, 0.1) is 5.82 Å². The second-order valence-corrected chi connectivity index (χ2v) is 6.64. The molecule has 2 heterocycles. The highest BCUT2D eigenvalue weighted by Crippen LogP contribution is 2.41. The van der Waals surface area contributed by atoms with Crippen molar-refractivity contribution in [2.45, 2.75) is 6.04 Å². The molecular formula is C23H17FN2O4. The third kappa shape index (κ3) is 3.30. The number of methoxy groups -OCH3 is 1. The molecule has 6 nitrogen and oxygen atoms in total. The van der Waals surface area contributed by atoms with Crippen molar-refractivity contribution in [2.24, 2.45) is 0 Å². The van der Waals surface area contributed by atoms with Crippen molar-refractivity contribution in [1.82, 2.24) is 4.98 Å². The molecule has 0 spiro atoms. The van der Waals surface area contributed by atoms with E-state index in [9.17, 15) is 19.1 Å². The maximum atomic E-state index is 13.5. The Kier molecular flexibility index (Phi) is 5.02. The number of carbonyl (C=O) groups is 2. The number of hydrogen-bond acceptors (Lipinski definition) is 5. The zero-order valence-corrected chi connectivity index (χ0v) is 15.9. The molecule has 1 N–H and O–H groups in total. The second-order valence-electron chi connectivity index (χ2n) is 6.64. The van der Waals surface area contributed by atoms with Crippen LogP contribution in [0.3, 0.4) is 0 Å². The Morgan fingerprint density at radius 3 is 2.50 bits per heavy atom. The Morgan fingerprint density at radius 2 is 1.83 bits per heavy atom. The Balaban J connectivity index is 1.94. The molecule has 0 bridgehead atoms. The van der Waals surface area contributed by atoms with Gasteiger partial charge in [0.2, 0.25) is 0 Å². The minimum Gasteiger partial charge on any atom is -0.507 e. The van der Waals surface area contributed by atoms with E-state index in [2.05, 4.69) is 4.98 Å². The van der Waals surface area contributed by atoms with Gasteiger partial charge in [0.25, 0.3) is 5.78 Å². The molecule has 2 aromatic carbocycles. The van der Waals surface area contributed by atoms with Gasteiger partial charge < -0.3 is 9.84 Å². The molecule has 1 aromatic heterocycles. The SMILES string of the molecule is COc1cccc(C(O)=C2C(=O)C(=O)N(c3ccccn3)[C@H]2c2ccc(F)cc2)c1. The lowest BCUT2D eigenvalue weighted by Crippen LogP contribution is -2.30. The molecule has 0 radical (unpaired) electrons. The monoisotopic (exact) mass is 404 g/mol. The second kappa shape index (κ2) is 7.79. The van der Waals surface area contributed by atoms with Crippen LogP contribution in [0.4, 0.5) is 10.2 Å². The molecule has 7 heteroatoms. The van der Waals surface area contributed by atoms with E-state index in [1.165, 1.54) is 42.5 Å². The van der Waals surface area contributed by atoms with E-state index in [4.69, 9.17) is 4.74 Å². The van der Waals surface area contributed by atoms with Gasteiger partial charge in [0.1, 0.15) is 23.1 Å². The summed E-state index contributed by atoms with van der Waals surface area (Å²) >= 11 is 0. The number of rotatable bonds is 4. The van der Waals surface area contributed by atoms with Crippen LogP contribution >= 0.6 is 0 Å². The molecule has 0 saturated carbocycles. The first-order valence-electron chi connectivity index (χ1n) is 9.13. The quantitative estimate of drug-likeness (QED) is 0.406. The molecule has 1 saturated heterocycles. The Morgan fingerprint density at radius 1 is 1.07 bits per heavy atom. The number of aromatic nitrogens is 1. The van der Waals surface area contributed by atoms with Gasteiger partial charge in [-0.1, -0.05) is 30.3 Å². The molecule has 1 amide bonds. The van der Waals surface area contributed by atoms with E-state index < -0.39 is 23.5 Å². The highest BCUT2D eigenvalue weighted by Gasteiger charge is 2.47. The number of halogens is 1. The van der Waals surface area contributed by atoms with Crippen molar-refractivity contribution < 1.29 is 23.8 Å². The van der Waals surface area contributed by atoms with Gasteiger partial charge in [0, 0.05) is 11.8 Å². The number of anilines is 1. The average molecular weight is 404 g/mol. The molecule has 1 atom stereocenters. The fourth-order valence-electron chi connectivity index (χ4n) is 3.45. The minimum atomic E-state index is -0.966. The summed E-state index contributed by atoms with van der Waals surface area (Å²) in [6, 6.07) is 15.9. The van der Waals surface area contributed by atoms with E-state index in [1.54, 1.807) is 42.5 Å². The van der Waals surface area contributed by atoms with Crippen molar-refractivity contribution in [3.8, 4) is 5.75 Å². The van der Waals surface area contributed by atoms with Crippen LogP contribution in [0.1, 0.15) is 17.2 Å². The number of Topliss-reactive ketones (excluding diaryl/α,β-unsaturated/α-hetero) is 1. The lowest BCUT2D eigenvalue weighted by atomic mass is 9.95. The smallest absolute Gasteiger partial charge is 0.301 e. The number of carbonyl (C=O) groups excluding carboxylic acids is 2. The van der Waals surface area contributed by atoms with Gasteiger partial charge in [-0.3, -0.25) is 14.5 Å². The van der Waals surface area contributed by atoms with Crippen LogP contribution in [0.25, 0.3) is 5.76 Å². The summed E-state index contributed by atoms with van der Waals surface area (Å²) < 4.78 is 18.7. The molecule has 1 aliphatic rings. The molecule has 1 aliphatic heterocycles. The van der Waals surface area contributed by atoms with E-state index in [0.717, 1.165) is 0 Å². The first kappa shape index (κ1) is 19.3. The number of ether oxygens (including phenoxy) is 1. The van der Waals surface area contributed by atoms with Crippen molar-refractivity contribution in [1.29, 1.82) is 0 Å². The van der Waals surface area contributed by atoms with Crippen LogP contribution in [-0.2, 0) is 9.59 Å². The van der Waals surface area contributed by atoms with E-state index in [-0.39, 0.29) is 17.2 Å². The maximum absolute atomic E-state index is 13.5. The van der Waals surface area contributed by atoms with Crippen molar-refractivity contribution >= 4 is 23.3 Å². The molecule has 3 aromatic rings. The van der Waals surface area contributed by atoms with Gasteiger partial charge >= 0.3 is 5.91 Å². The van der Waals surface area contributed by atoms with Gasteiger partial charge in [-0.25, -0.2) is 9.37 Å². The van der Waals surface area contributed by atoms with E-state index in [0.29, 0.717) is 16.9 Å². The number of benzene rings is 2. The summed E-state index contributed by atoms with van der Waals surface area (Å²) in [6.45, 7) is 0. The predicted molar refractivity (Wildman–Crippen MR) is 108 cm³/mol. The van der Waals surface area contributed by atoms with Crippen LogP contribution in [0.15, 0.2) is 78.5 Å². The Bertz CT molecular complexity index is 1140. The number of ketones is 1. The number of pyridine rings is 1. The predicted octanol–water partition coefficient (Wildman–Crippen LogP) is 3.86. The molecule has 0 unspecified atom stereocenters. The average Bonchev–Trinajstić information content (AvgIpc) is 3.05. The van der Waals surface area contributed by atoms with Crippen molar-refractivity contribution in [3.05, 3.63) is 95.4 Å². The fourth-order valence-corrected chi connectivity index (χ4v) is 3.45. The third-order valence-corrected chi connectivity index (χ3v) is 4.87.